The van der Waals surface area contributed by atoms with Gasteiger partial charge in [0, 0.05) is 17.4 Å². The number of nitrogens with zero attached hydrogens (tertiary/aromatic N) is 2. The smallest absolute Gasteiger partial charge is 0.229 e. The topological polar surface area (TPSA) is 49.8 Å². The minimum absolute atomic E-state index is 0.322. The SMILES string of the molecule is Cc1cc(Nc2ccccc2F)nc(Nc2ccc(C)c(C)c2)n1. The second-order valence-corrected chi connectivity index (χ2v) is 5.75. The minimum atomic E-state index is -0.322. The highest BCUT2D eigenvalue weighted by Gasteiger charge is 2.06. The van der Waals surface area contributed by atoms with Crippen LogP contribution in [0.3, 0.4) is 0 Å². The molecule has 5 heteroatoms. The number of para-hydroxylation sites is 1. The van der Waals surface area contributed by atoms with E-state index >= 15 is 0 Å². The molecule has 0 amide bonds. The Kier molecular flexibility index (Phi) is 4.42. The maximum atomic E-state index is 13.8. The van der Waals surface area contributed by atoms with Crippen molar-refractivity contribution >= 4 is 23.1 Å². The molecular formula is C19H19FN4. The zero-order valence-electron chi connectivity index (χ0n) is 13.9. The molecule has 0 saturated heterocycles. The molecule has 0 aliphatic heterocycles. The largest absolute Gasteiger partial charge is 0.338 e. The van der Waals surface area contributed by atoms with Crippen molar-refractivity contribution in [1.29, 1.82) is 0 Å². The molecule has 0 radical (unpaired) electrons. The number of hydrogen-bond donors (Lipinski definition) is 2. The second-order valence-electron chi connectivity index (χ2n) is 5.75. The van der Waals surface area contributed by atoms with Gasteiger partial charge in [-0.15, -0.1) is 0 Å². The highest BCUT2D eigenvalue weighted by molar-refractivity contribution is 5.61. The molecule has 1 aromatic heterocycles. The molecule has 0 aliphatic carbocycles. The molecule has 0 bridgehead atoms. The second kappa shape index (κ2) is 6.66. The summed E-state index contributed by atoms with van der Waals surface area (Å²) in [5.74, 6) is 0.688. The Morgan fingerprint density at radius 1 is 0.833 bits per heavy atom. The Bertz CT molecular complexity index is 877. The van der Waals surface area contributed by atoms with Crippen molar-refractivity contribution in [1.82, 2.24) is 9.97 Å². The van der Waals surface area contributed by atoms with Gasteiger partial charge in [0.15, 0.2) is 0 Å². The van der Waals surface area contributed by atoms with Gasteiger partial charge in [0.05, 0.1) is 5.69 Å². The zero-order valence-corrected chi connectivity index (χ0v) is 13.9. The highest BCUT2D eigenvalue weighted by atomic mass is 19.1. The standard InChI is InChI=1S/C19H19FN4/c1-12-8-9-15(10-13(12)2)22-19-21-14(3)11-18(24-19)23-17-7-5-4-6-16(17)20/h4-11H,1-3H3,(H2,21,22,23,24). The summed E-state index contributed by atoms with van der Waals surface area (Å²) in [6.45, 7) is 6.00. The third-order valence-corrected chi connectivity index (χ3v) is 3.75. The molecule has 4 nitrogen and oxygen atoms in total. The van der Waals surface area contributed by atoms with Crippen LogP contribution in [0.25, 0.3) is 0 Å². The van der Waals surface area contributed by atoms with Crippen molar-refractivity contribution in [2.75, 3.05) is 10.6 Å². The van der Waals surface area contributed by atoms with Crippen LogP contribution in [0.15, 0.2) is 48.5 Å². The van der Waals surface area contributed by atoms with E-state index in [1.165, 1.54) is 17.2 Å². The van der Waals surface area contributed by atoms with Gasteiger partial charge in [-0.05, 0) is 56.2 Å². The molecule has 0 atom stereocenters. The first-order chi connectivity index (χ1) is 11.5. The first kappa shape index (κ1) is 15.9. The van der Waals surface area contributed by atoms with Gasteiger partial charge < -0.3 is 10.6 Å². The summed E-state index contributed by atoms with van der Waals surface area (Å²) in [5.41, 5.74) is 4.51. The third kappa shape index (κ3) is 3.68. The quantitative estimate of drug-likeness (QED) is 0.707. The van der Waals surface area contributed by atoms with Crippen molar-refractivity contribution in [3.05, 3.63) is 71.2 Å². The van der Waals surface area contributed by atoms with Crippen LogP contribution in [0.1, 0.15) is 16.8 Å². The van der Waals surface area contributed by atoms with E-state index in [2.05, 4.69) is 34.4 Å². The number of hydrogen-bond acceptors (Lipinski definition) is 4. The van der Waals surface area contributed by atoms with Crippen molar-refractivity contribution in [3.63, 3.8) is 0 Å². The maximum absolute atomic E-state index is 13.8. The van der Waals surface area contributed by atoms with Crippen LogP contribution in [0, 0.1) is 26.6 Å². The lowest BCUT2D eigenvalue weighted by molar-refractivity contribution is 0.632. The molecule has 0 fully saturated rings. The van der Waals surface area contributed by atoms with E-state index in [4.69, 9.17) is 0 Å². The Morgan fingerprint density at radius 3 is 2.38 bits per heavy atom. The average molecular weight is 322 g/mol. The summed E-state index contributed by atoms with van der Waals surface area (Å²) in [4.78, 5) is 8.81. The predicted octanol–water partition coefficient (Wildman–Crippen LogP) is 5.03. The average Bonchev–Trinajstić information content (AvgIpc) is 2.53. The van der Waals surface area contributed by atoms with Crippen molar-refractivity contribution in [3.8, 4) is 0 Å². The lowest BCUT2D eigenvalue weighted by atomic mass is 10.1. The van der Waals surface area contributed by atoms with Gasteiger partial charge in [0.2, 0.25) is 5.95 Å². The number of nitrogens with one attached hydrogen (secondary N) is 2. The van der Waals surface area contributed by atoms with Crippen LogP contribution in [0.4, 0.5) is 27.5 Å². The number of rotatable bonds is 4. The van der Waals surface area contributed by atoms with Crippen LogP contribution >= 0.6 is 0 Å². The van der Waals surface area contributed by atoms with E-state index in [0.717, 1.165) is 11.4 Å². The van der Waals surface area contributed by atoms with Crippen molar-refractivity contribution in [2.24, 2.45) is 0 Å². The molecule has 0 aliphatic rings. The molecule has 122 valence electrons. The van der Waals surface area contributed by atoms with Gasteiger partial charge in [0.25, 0.3) is 0 Å². The van der Waals surface area contributed by atoms with Gasteiger partial charge in [0.1, 0.15) is 11.6 Å². The van der Waals surface area contributed by atoms with E-state index in [-0.39, 0.29) is 5.82 Å². The molecular weight excluding hydrogens is 303 g/mol. The lowest BCUT2D eigenvalue weighted by Crippen LogP contribution is -2.03. The monoisotopic (exact) mass is 322 g/mol. The third-order valence-electron chi connectivity index (χ3n) is 3.75. The van der Waals surface area contributed by atoms with Gasteiger partial charge >= 0.3 is 0 Å². The molecule has 0 spiro atoms. The molecule has 1 heterocycles. The first-order valence-electron chi connectivity index (χ1n) is 7.73. The van der Waals surface area contributed by atoms with Crippen LogP contribution in [-0.4, -0.2) is 9.97 Å². The summed E-state index contributed by atoms with van der Waals surface area (Å²) in [6.07, 6.45) is 0. The summed E-state index contributed by atoms with van der Waals surface area (Å²) < 4.78 is 13.8. The van der Waals surface area contributed by atoms with Gasteiger partial charge in [-0.25, -0.2) is 9.37 Å². The molecule has 2 N–H and O–H groups in total. The van der Waals surface area contributed by atoms with E-state index in [1.807, 2.05) is 25.1 Å². The maximum Gasteiger partial charge on any atom is 0.229 e. The lowest BCUT2D eigenvalue weighted by Gasteiger charge is -2.11. The zero-order chi connectivity index (χ0) is 17.1. The summed E-state index contributed by atoms with van der Waals surface area (Å²) >= 11 is 0. The normalized spacial score (nSPS) is 10.5. The number of aromatic nitrogens is 2. The van der Waals surface area contributed by atoms with E-state index < -0.39 is 0 Å². The number of aryl methyl sites for hydroxylation is 3. The van der Waals surface area contributed by atoms with Crippen LogP contribution in [0.2, 0.25) is 0 Å². The first-order valence-corrected chi connectivity index (χ1v) is 7.73. The predicted molar refractivity (Wildman–Crippen MR) is 95.7 cm³/mol. The fourth-order valence-corrected chi connectivity index (χ4v) is 2.34. The summed E-state index contributed by atoms with van der Waals surface area (Å²) in [6, 6.07) is 14.4. The molecule has 24 heavy (non-hydrogen) atoms. The summed E-state index contributed by atoms with van der Waals surface area (Å²) in [5, 5.41) is 6.19. The molecule has 0 unspecified atom stereocenters. The molecule has 2 aromatic carbocycles. The van der Waals surface area contributed by atoms with Gasteiger partial charge in [-0.1, -0.05) is 18.2 Å². The van der Waals surface area contributed by atoms with Crippen LogP contribution < -0.4 is 10.6 Å². The Balaban J connectivity index is 1.86. The molecule has 3 aromatic rings. The van der Waals surface area contributed by atoms with E-state index in [0.29, 0.717) is 17.5 Å². The van der Waals surface area contributed by atoms with Gasteiger partial charge in [-0.2, -0.15) is 4.98 Å². The fraction of sp³-hybridized carbons (Fsp3) is 0.158. The summed E-state index contributed by atoms with van der Waals surface area (Å²) in [7, 11) is 0. The Morgan fingerprint density at radius 2 is 1.62 bits per heavy atom. The van der Waals surface area contributed by atoms with Crippen LogP contribution in [0.5, 0.6) is 0 Å². The Hall–Kier alpha value is -2.95. The van der Waals surface area contributed by atoms with Gasteiger partial charge in [-0.3, -0.25) is 0 Å². The molecule has 3 rings (SSSR count). The minimum Gasteiger partial charge on any atom is -0.338 e. The highest BCUT2D eigenvalue weighted by Crippen LogP contribution is 2.22. The Labute approximate surface area is 140 Å². The number of halogens is 1. The fourth-order valence-electron chi connectivity index (χ4n) is 2.34. The molecule has 0 saturated carbocycles. The van der Waals surface area contributed by atoms with Crippen molar-refractivity contribution < 1.29 is 4.39 Å². The number of benzene rings is 2. The van der Waals surface area contributed by atoms with E-state index in [9.17, 15) is 4.39 Å². The number of anilines is 4. The van der Waals surface area contributed by atoms with E-state index in [1.54, 1.807) is 24.3 Å². The van der Waals surface area contributed by atoms with Crippen molar-refractivity contribution in [2.45, 2.75) is 20.8 Å². The van der Waals surface area contributed by atoms with Crippen LogP contribution in [-0.2, 0) is 0 Å².